The van der Waals surface area contributed by atoms with E-state index in [1.54, 1.807) is 12.1 Å². The van der Waals surface area contributed by atoms with Crippen LogP contribution in [0, 0.1) is 0 Å². The number of ether oxygens (including phenoxy) is 2. The van der Waals surface area contributed by atoms with Gasteiger partial charge in [-0.2, -0.15) is 0 Å². The number of benzene rings is 2. The molecule has 0 unspecified atom stereocenters. The number of hydrogen-bond donors (Lipinski definition) is 0. The molecule has 4 heteroatoms. The highest BCUT2D eigenvalue weighted by Gasteiger charge is 2.05. The van der Waals surface area contributed by atoms with Gasteiger partial charge >= 0.3 is 5.97 Å². The van der Waals surface area contributed by atoms with Gasteiger partial charge in [0.05, 0.1) is 0 Å². The first-order chi connectivity index (χ1) is 10.7. The van der Waals surface area contributed by atoms with Gasteiger partial charge < -0.3 is 9.47 Å². The molecule has 0 radical (unpaired) electrons. The maximum atomic E-state index is 11.6. The number of rotatable bonds is 8. The second-order valence-corrected chi connectivity index (χ2v) is 5.05. The molecule has 0 aliphatic heterocycles. The lowest BCUT2D eigenvalue weighted by Gasteiger charge is -2.16. The summed E-state index contributed by atoms with van der Waals surface area (Å²) in [5.41, 5.74) is 1.24. The molecule has 0 heterocycles. The van der Waals surface area contributed by atoms with Crippen LogP contribution in [0.1, 0.15) is 5.56 Å². The fraction of sp³-hybridized carbons (Fsp3) is 0.278. The van der Waals surface area contributed by atoms with Gasteiger partial charge in [0.2, 0.25) is 0 Å². The van der Waals surface area contributed by atoms with Crippen LogP contribution in [0.3, 0.4) is 0 Å². The molecule has 0 atom stereocenters. The fourth-order valence-electron chi connectivity index (χ4n) is 1.99. The van der Waals surface area contributed by atoms with Crippen molar-refractivity contribution >= 4 is 5.97 Å². The Balaban J connectivity index is 1.60. The van der Waals surface area contributed by atoms with E-state index in [4.69, 9.17) is 9.47 Å². The van der Waals surface area contributed by atoms with Crippen LogP contribution in [0.2, 0.25) is 0 Å². The summed E-state index contributed by atoms with van der Waals surface area (Å²) in [6.07, 6.45) is 0. The van der Waals surface area contributed by atoms with E-state index in [9.17, 15) is 4.79 Å². The van der Waals surface area contributed by atoms with Crippen molar-refractivity contribution in [3.8, 4) is 5.75 Å². The average Bonchev–Trinajstić information content (AvgIpc) is 2.55. The molecular formula is C18H21NO3. The van der Waals surface area contributed by atoms with Crippen molar-refractivity contribution in [2.24, 2.45) is 0 Å². The summed E-state index contributed by atoms with van der Waals surface area (Å²) in [6.45, 7) is 1.82. The lowest BCUT2D eigenvalue weighted by molar-refractivity contribution is -0.146. The predicted octanol–water partition coefficient (Wildman–Crippen LogP) is 2.74. The van der Waals surface area contributed by atoms with Gasteiger partial charge in [-0.3, -0.25) is 4.90 Å². The number of esters is 1. The Morgan fingerprint density at radius 1 is 1.00 bits per heavy atom. The minimum atomic E-state index is -0.350. The van der Waals surface area contributed by atoms with Gasteiger partial charge in [0.1, 0.15) is 12.4 Å². The number of hydrogen-bond acceptors (Lipinski definition) is 4. The van der Waals surface area contributed by atoms with Crippen LogP contribution in [0.5, 0.6) is 5.75 Å². The molecule has 0 saturated carbocycles. The first-order valence-electron chi connectivity index (χ1n) is 7.30. The molecule has 0 aliphatic carbocycles. The van der Waals surface area contributed by atoms with Crippen molar-refractivity contribution in [3.63, 3.8) is 0 Å². The zero-order valence-electron chi connectivity index (χ0n) is 12.8. The minimum absolute atomic E-state index is 0.0631. The first kappa shape index (κ1) is 16.0. The second-order valence-electron chi connectivity index (χ2n) is 5.05. The minimum Gasteiger partial charge on any atom is -0.482 e. The number of carbonyl (C=O) groups excluding carboxylic acids is 1. The Morgan fingerprint density at radius 2 is 1.64 bits per heavy atom. The van der Waals surface area contributed by atoms with Crippen LogP contribution in [0.4, 0.5) is 0 Å². The van der Waals surface area contributed by atoms with Gasteiger partial charge in [0, 0.05) is 13.1 Å². The van der Waals surface area contributed by atoms with Crippen LogP contribution >= 0.6 is 0 Å². The third-order valence-corrected chi connectivity index (χ3v) is 3.13. The molecule has 0 aliphatic rings. The van der Waals surface area contributed by atoms with Crippen molar-refractivity contribution in [3.05, 3.63) is 66.2 Å². The van der Waals surface area contributed by atoms with E-state index in [0.717, 1.165) is 6.54 Å². The second kappa shape index (κ2) is 8.85. The Hall–Kier alpha value is -2.33. The monoisotopic (exact) mass is 299 g/mol. The molecule has 22 heavy (non-hydrogen) atoms. The van der Waals surface area contributed by atoms with E-state index in [-0.39, 0.29) is 12.6 Å². The lowest BCUT2D eigenvalue weighted by atomic mass is 10.2. The molecule has 0 fully saturated rings. The van der Waals surface area contributed by atoms with E-state index in [1.165, 1.54) is 5.56 Å². The van der Waals surface area contributed by atoms with Gasteiger partial charge in [0.25, 0.3) is 0 Å². The summed E-state index contributed by atoms with van der Waals surface area (Å²) >= 11 is 0. The van der Waals surface area contributed by atoms with Crippen molar-refractivity contribution in [1.82, 2.24) is 4.90 Å². The lowest BCUT2D eigenvalue weighted by Crippen LogP contribution is -2.25. The van der Waals surface area contributed by atoms with Gasteiger partial charge in [-0.1, -0.05) is 48.5 Å². The number of para-hydroxylation sites is 1. The standard InChI is InChI=1S/C18H21NO3/c1-19(14-16-8-4-2-5-9-16)12-13-21-18(20)15-22-17-10-6-3-7-11-17/h2-11H,12-15H2,1H3. The summed E-state index contributed by atoms with van der Waals surface area (Å²) in [5.74, 6) is 0.317. The third kappa shape index (κ3) is 5.97. The van der Waals surface area contributed by atoms with E-state index in [0.29, 0.717) is 18.9 Å². The van der Waals surface area contributed by atoms with E-state index >= 15 is 0 Å². The summed E-state index contributed by atoms with van der Waals surface area (Å²) in [6, 6.07) is 19.4. The topological polar surface area (TPSA) is 38.8 Å². The highest BCUT2D eigenvalue weighted by molar-refractivity contribution is 5.71. The highest BCUT2D eigenvalue weighted by atomic mass is 16.6. The van der Waals surface area contributed by atoms with Crippen LogP contribution in [-0.4, -0.2) is 37.7 Å². The van der Waals surface area contributed by atoms with Crippen LogP contribution in [-0.2, 0) is 16.1 Å². The molecule has 0 aromatic heterocycles. The third-order valence-electron chi connectivity index (χ3n) is 3.13. The molecule has 0 N–H and O–H groups in total. The van der Waals surface area contributed by atoms with Gasteiger partial charge in [0.15, 0.2) is 6.61 Å². The molecule has 0 bridgehead atoms. The van der Waals surface area contributed by atoms with Crippen molar-refractivity contribution in [2.75, 3.05) is 26.8 Å². The van der Waals surface area contributed by atoms with Crippen LogP contribution in [0.25, 0.3) is 0 Å². The summed E-state index contributed by atoms with van der Waals surface area (Å²) in [4.78, 5) is 13.7. The SMILES string of the molecule is CN(CCOC(=O)COc1ccccc1)Cc1ccccc1. The van der Waals surface area contributed by atoms with Gasteiger partial charge in [-0.25, -0.2) is 4.79 Å². The van der Waals surface area contributed by atoms with E-state index in [1.807, 2.05) is 43.4 Å². The largest absolute Gasteiger partial charge is 0.482 e. The van der Waals surface area contributed by atoms with Crippen LogP contribution in [0.15, 0.2) is 60.7 Å². The number of carbonyl (C=O) groups is 1. The van der Waals surface area contributed by atoms with E-state index < -0.39 is 0 Å². The molecule has 4 nitrogen and oxygen atoms in total. The first-order valence-corrected chi connectivity index (χ1v) is 7.30. The maximum absolute atomic E-state index is 11.6. The quantitative estimate of drug-likeness (QED) is 0.703. The molecule has 2 rings (SSSR count). The van der Waals surface area contributed by atoms with E-state index in [2.05, 4.69) is 17.0 Å². The zero-order chi connectivity index (χ0) is 15.6. The van der Waals surface area contributed by atoms with Gasteiger partial charge in [-0.15, -0.1) is 0 Å². The summed E-state index contributed by atoms with van der Waals surface area (Å²) in [7, 11) is 2.00. The van der Waals surface area contributed by atoms with Crippen molar-refractivity contribution < 1.29 is 14.3 Å². The normalized spacial score (nSPS) is 10.5. The van der Waals surface area contributed by atoms with Gasteiger partial charge in [-0.05, 0) is 24.7 Å². The molecular weight excluding hydrogens is 278 g/mol. The van der Waals surface area contributed by atoms with Crippen molar-refractivity contribution in [1.29, 1.82) is 0 Å². The predicted molar refractivity (Wildman–Crippen MR) is 85.7 cm³/mol. The molecule has 0 amide bonds. The van der Waals surface area contributed by atoms with Crippen LogP contribution < -0.4 is 4.74 Å². The summed E-state index contributed by atoms with van der Waals surface area (Å²) in [5, 5.41) is 0. The number of nitrogens with zero attached hydrogens (tertiary/aromatic N) is 1. The molecule has 116 valence electrons. The maximum Gasteiger partial charge on any atom is 0.344 e. The average molecular weight is 299 g/mol. The summed E-state index contributed by atoms with van der Waals surface area (Å²) < 4.78 is 10.5. The molecule has 0 saturated heterocycles. The zero-order valence-corrected chi connectivity index (χ0v) is 12.8. The fourth-order valence-corrected chi connectivity index (χ4v) is 1.99. The van der Waals surface area contributed by atoms with Crippen molar-refractivity contribution in [2.45, 2.75) is 6.54 Å². The highest BCUT2D eigenvalue weighted by Crippen LogP contribution is 2.08. The Kier molecular flexibility index (Phi) is 6.45. The molecule has 0 spiro atoms. The smallest absolute Gasteiger partial charge is 0.344 e. The Bertz CT molecular complexity index is 557. The Morgan fingerprint density at radius 3 is 2.32 bits per heavy atom. The number of likely N-dealkylation sites (N-methyl/N-ethyl adjacent to an activating group) is 1. The molecule has 2 aromatic rings. The Labute approximate surface area is 131 Å². The molecule has 2 aromatic carbocycles.